The van der Waals surface area contributed by atoms with Gasteiger partial charge in [-0.25, -0.2) is 33.7 Å². The molecule has 0 saturated heterocycles. The number of ether oxygens (including phenoxy) is 8. The summed E-state index contributed by atoms with van der Waals surface area (Å²) < 4.78 is 161. The van der Waals surface area contributed by atoms with Crippen molar-refractivity contribution in [2.45, 2.75) is 129 Å². The molecule has 4 atom stereocenters. The zero-order valence-corrected chi connectivity index (χ0v) is 82.7. The molecule has 0 radical (unpaired) electrons. The molecule has 8 amide bonds. The normalized spacial score (nSPS) is 16.5. The molecule has 4 saturated carbocycles. The van der Waals surface area contributed by atoms with Gasteiger partial charge in [0.2, 0.25) is 23.6 Å². The summed E-state index contributed by atoms with van der Waals surface area (Å²) in [6, 6.07) is 31.1. The molecule has 16 rings (SSSR count). The van der Waals surface area contributed by atoms with Gasteiger partial charge in [0.15, 0.2) is 46.0 Å². The van der Waals surface area contributed by atoms with Crippen LogP contribution in [0, 0.1) is 23.7 Å². The lowest BCUT2D eigenvalue weighted by molar-refractivity contribution is -0.118. The van der Waals surface area contributed by atoms with Gasteiger partial charge in [-0.15, -0.1) is 0 Å². The first-order chi connectivity index (χ1) is 64.5. The minimum absolute atomic E-state index is 0.0128. The van der Waals surface area contributed by atoms with Crippen molar-refractivity contribution in [3.8, 4) is 46.0 Å². The smallest absolute Gasteiger partial charge is 0.257 e. The number of rotatable bonds is 36. The molecular weight excluding hydrogens is 1940 g/mol. The highest BCUT2D eigenvalue weighted by Gasteiger charge is 2.45. The maximum Gasteiger partial charge on any atom is 0.257 e. The van der Waals surface area contributed by atoms with Gasteiger partial charge in [0.05, 0.1) is 150 Å². The Labute approximate surface area is 800 Å². The van der Waals surface area contributed by atoms with E-state index in [-0.39, 0.29) is 137 Å². The second-order valence-electron chi connectivity index (χ2n) is 34.0. The monoisotopic (exact) mass is 2050 g/mol. The number of carbonyl (C=O) groups is 8. The third-order valence-electron chi connectivity index (χ3n) is 23.5. The van der Waals surface area contributed by atoms with Gasteiger partial charge < -0.3 is 78.8 Å². The van der Waals surface area contributed by atoms with Gasteiger partial charge in [-0.1, -0.05) is 70.5 Å². The third kappa shape index (κ3) is 24.3. The van der Waals surface area contributed by atoms with Crippen molar-refractivity contribution in [3.05, 3.63) is 209 Å². The number of carbonyl (C=O) groups excluding carboxylic acids is 8. The Balaban J connectivity index is 0.000000153. The van der Waals surface area contributed by atoms with E-state index in [0.29, 0.717) is 138 Å². The average molecular weight is 2050 g/mol. The number of hydrogen-bond acceptors (Lipinski definition) is 24. The van der Waals surface area contributed by atoms with E-state index >= 15 is 0 Å². The van der Waals surface area contributed by atoms with E-state index in [4.69, 9.17) is 40.6 Å². The largest absolute Gasteiger partial charge is 0.493 e. The number of anilines is 4. The van der Waals surface area contributed by atoms with Gasteiger partial charge in [0.25, 0.3) is 23.6 Å². The van der Waals surface area contributed by atoms with Gasteiger partial charge in [-0.05, 0) is 213 Å². The van der Waals surface area contributed by atoms with E-state index in [2.05, 4.69) is 53.1 Å². The van der Waals surface area contributed by atoms with Crippen LogP contribution in [0.1, 0.15) is 192 Å². The predicted molar refractivity (Wildman–Crippen MR) is 513 cm³/mol. The molecule has 0 bridgehead atoms. The van der Waals surface area contributed by atoms with Crippen molar-refractivity contribution in [2.75, 3.05) is 124 Å². The molecule has 134 heavy (non-hydrogen) atoms. The van der Waals surface area contributed by atoms with Crippen molar-refractivity contribution >= 4 is 141 Å². The summed E-state index contributed by atoms with van der Waals surface area (Å²) in [5, 5.41) is 11.4. The van der Waals surface area contributed by atoms with Crippen LogP contribution < -0.4 is 59.2 Å². The fourth-order valence-electron chi connectivity index (χ4n) is 16.4. The standard InChI is InChI=1S/2C24H27BrN2O6S.2C24H28N2O6S/c1-4-33-21-11-15(7-10-20(21)32-2)19(13-34(3,30)31)27-12-16-17(25)8-9-18(22(16)24(27)29)26-23(28)14-5-6-14;1-4-33-20-11-15(8-10-19(20)32-2)18(13-34(3,30)31)27-12-16-7-9-17(25)22(21(16)24(27)29)26-23(28)14-5-6-14;2*1-4-32-21-12-16(10-11-20(21)31-2)19(14-33(3,29)30)26-13-17-6-5-7-18(22(17)24(26)28)25-23(27)15-8-9-15/h7-11,14,19H,4-6,12-13H2,1-3H3,(H,26,28);7-11,14,18H,4-6,12-13H2,1-3H3,(H,26,28);2*5-7,10-12,15,19H,4,8-9,13-14H2,1-3H3,(H,25,27)/t19-;18-;2*19-/m1111/s1/i;;7D;6D. The van der Waals surface area contributed by atoms with Crippen molar-refractivity contribution in [1.82, 2.24) is 19.6 Å². The average Bonchev–Trinajstić information content (AvgIpc) is 1.58. The van der Waals surface area contributed by atoms with Crippen LogP contribution in [0.25, 0.3) is 0 Å². The van der Waals surface area contributed by atoms with Gasteiger partial charge in [0.1, 0.15) is 39.3 Å². The van der Waals surface area contributed by atoms with Crippen LogP contribution in [0.4, 0.5) is 22.7 Å². The van der Waals surface area contributed by atoms with E-state index in [1.807, 2.05) is 33.8 Å². The van der Waals surface area contributed by atoms with Crippen LogP contribution in [0.15, 0.2) is 142 Å². The highest BCUT2D eigenvalue weighted by Crippen LogP contribution is 2.48. The lowest BCUT2D eigenvalue weighted by atomic mass is 10.1. The molecule has 8 aromatic carbocycles. The fourth-order valence-corrected chi connectivity index (χ4v) is 21.1. The van der Waals surface area contributed by atoms with Crippen molar-refractivity contribution < 1.29 is 113 Å². The first-order valence-electron chi connectivity index (χ1n) is 44.8. The number of nitrogens with one attached hydrogen (secondary N) is 4. The number of nitrogens with zero attached hydrogens (tertiary/aromatic N) is 4. The summed E-state index contributed by atoms with van der Waals surface area (Å²) >= 11 is 6.97. The van der Waals surface area contributed by atoms with Gasteiger partial charge in [0, 0.05) is 89.4 Å². The number of amides is 8. The summed E-state index contributed by atoms with van der Waals surface area (Å²) in [7, 11) is -7.77. The first kappa shape index (κ1) is 97.2. The van der Waals surface area contributed by atoms with E-state index in [1.165, 1.54) is 38.2 Å². The maximum absolute atomic E-state index is 13.7. The number of benzene rings is 8. The van der Waals surface area contributed by atoms with Gasteiger partial charge in [-0.3, -0.25) is 38.4 Å². The fraction of sp³-hybridized carbons (Fsp3) is 0.417. The molecule has 0 aromatic heterocycles. The minimum Gasteiger partial charge on any atom is -0.493 e. The summed E-state index contributed by atoms with van der Waals surface area (Å²) in [5.41, 5.74) is 7.67. The Bertz CT molecular complexity index is 6120. The second kappa shape index (κ2) is 42.3. The molecule has 8 aromatic rings. The van der Waals surface area contributed by atoms with Crippen LogP contribution >= 0.6 is 31.9 Å². The van der Waals surface area contributed by atoms with Crippen LogP contribution in [0.3, 0.4) is 0 Å². The number of methoxy groups -OCH3 is 4. The summed E-state index contributed by atoms with van der Waals surface area (Å²) in [6.07, 6.45) is 11.2. The Morgan fingerprint density at radius 2 is 0.657 bits per heavy atom. The Kier molecular flexibility index (Phi) is 30.7. The van der Waals surface area contributed by atoms with Crippen LogP contribution in [0.5, 0.6) is 46.0 Å². The van der Waals surface area contributed by atoms with E-state index < -0.39 is 75.3 Å². The van der Waals surface area contributed by atoms with E-state index in [9.17, 15) is 72.0 Å². The SMILES string of the molecule is CCOc1cc([C@@H](CS(C)(=O)=O)N2Cc3c(Br)ccc(NC(=O)C4CC4)c3C2=O)ccc1OC.CCOc1cc([C@@H](CS(C)(=O)=O)N2Cc3ccc(Br)c(NC(=O)C4CC4)c3C2=O)ccc1OC.[2H]c1ccc(NC(=O)C2CC2)c2c1CN([C@H](CS(C)(=O)=O)c1ccc(OC)c(OCC)c1)C2=O.[2H]c1ccc2c(c1NC(=O)C1CC1)C(=O)N([C@H](CS(C)(=O)=O)c1ccc(OC)c(OCC)c1)C2. The zero-order chi connectivity index (χ0) is 98.5. The topological polar surface area (TPSA) is 408 Å². The molecule has 4 N–H and O–H groups in total. The molecule has 0 unspecified atom stereocenters. The number of halogens is 2. The highest BCUT2D eigenvalue weighted by atomic mass is 79.9. The Hall–Kier alpha value is -11.3. The number of hydrogen-bond donors (Lipinski definition) is 4. The molecule has 4 aliphatic heterocycles. The third-order valence-corrected chi connectivity index (χ3v) is 28.6. The Morgan fingerprint density at radius 3 is 1.01 bits per heavy atom. The molecular formula is C96H110Br2N8O24S4. The quantitative estimate of drug-likeness (QED) is 0.0283. The van der Waals surface area contributed by atoms with E-state index in [0.717, 1.165) is 92.0 Å². The van der Waals surface area contributed by atoms with Gasteiger partial charge in [-0.2, -0.15) is 0 Å². The number of fused-ring (bicyclic) bond motifs is 4. The summed E-state index contributed by atoms with van der Waals surface area (Å²) in [5.74, 6) is 0.584. The van der Waals surface area contributed by atoms with Crippen LogP contribution in [-0.4, -0.2) is 203 Å². The lowest BCUT2D eigenvalue weighted by Gasteiger charge is -2.28. The summed E-state index contributed by atoms with van der Waals surface area (Å²) in [4.78, 5) is 110. The number of sulfone groups is 4. The molecule has 4 heterocycles. The molecule has 0 spiro atoms. The van der Waals surface area contributed by atoms with Crippen molar-refractivity contribution in [2.24, 2.45) is 23.7 Å². The molecule has 38 heteroatoms. The minimum atomic E-state index is -3.49. The Morgan fingerprint density at radius 1 is 0.358 bits per heavy atom. The van der Waals surface area contributed by atoms with Crippen molar-refractivity contribution in [3.63, 3.8) is 0 Å². The van der Waals surface area contributed by atoms with Crippen LogP contribution in [0.2, 0.25) is 0 Å². The predicted octanol–water partition coefficient (Wildman–Crippen LogP) is 14.3. The molecule has 4 fully saturated rings. The molecule has 32 nitrogen and oxygen atoms in total. The zero-order valence-electron chi connectivity index (χ0n) is 78.3. The molecule has 8 aliphatic rings. The van der Waals surface area contributed by atoms with Crippen LogP contribution in [-0.2, 0) is 84.7 Å². The van der Waals surface area contributed by atoms with Gasteiger partial charge >= 0.3 is 0 Å². The maximum atomic E-state index is 13.7. The molecule has 716 valence electrons. The lowest BCUT2D eigenvalue weighted by Crippen LogP contribution is -2.34. The second-order valence-corrected chi connectivity index (χ2v) is 44.4. The first-order valence-corrected chi connectivity index (χ1v) is 53.6. The summed E-state index contributed by atoms with van der Waals surface area (Å²) in [6.45, 7) is 9.59. The molecule has 4 aliphatic carbocycles. The van der Waals surface area contributed by atoms with Crippen molar-refractivity contribution in [1.29, 1.82) is 0 Å². The highest BCUT2D eigenvalue weighted by molar-refractivity contribution is 9.11. The van der Waals surface area contributed by atoms with E-state index in [1.54, 1.807) is 125 Å².